The van der Waals surface area contributed by atoms with E-state index in [-0.39, 0.29) is 11.8 Å². The molecule has 1 aromatic carbocycles. The molecule has 0 radical (unpaired) electrons. The molecule has 0 aliphatic carbocycles. The van der Waals surface area contributed by atoms with Crippen LogP contribution in [0.1, 0.15) is 6.42 Å². The second-order valence-electron chi connectivity index (χ2n) is 3.65. The number of amides is 1. The second-order valence-corrected chi connectivity index (χ2v) is 4.88. The first-order valence-electron chi connectivity index (χ1n) is 4.84. The fourth-order valence-electron chi connectivity index (χ4n) is 1.75. The Labute approximate surface area is 108 Å². The highest BCUT2D eigenvalue weighted by Crippen LogP contribution is 2.35. The monoisotopic (exact) mass is 297 g/mol. The van der Waals surface area contributed by atoms with E-state index < -0.39 is 0 Å². The molecule has 0 bridgehead atoms. The molecule has 1 aromatic rings. The number of rotatable bonds is 1. The van der Waals surface area contributed by atoms with E-state index in [0.717, 1.165) is 10.2 Å². The van der Waals surface area contributed by atoms with E-state index in [4.69, 9.17) is 18.0 Å². The summed E-state index contributed by atoms with van der Waals surface area (Å²) in [6, 6.07) is 5.51. The second kappa shape index (κ2) is 4.48. The van der Waals surface area contributed by atoms with Gasteiger partial charge in [-0.25, -0.2) is 0 Å². The Bertz CT molecular complexity index is 480. The molecule has 2 nitrogen and oxygen atoms in total. The number of halogens is 2. The number of hydrogen-bond acceptors (Lipinski definition) is 1. The summed E-state index contributed by atoms with van der Waals surface area (Å²) in [6.45, 7) is 0.547. The predicted octanol–water partition coefficient (Wildman–Crippen LogP) is 3.09. The van der Waals surface area contributed by atoms with Crippen molar-refractivity contribution in [2.24, 2.45) is 5.92 Å². The third-order valence-electron chi connectivity index (χ3n) is 2.58. The van der Waals surface area contributed by atoms with Crippen LogP contribution in [0.5, 0.6) is 0 Å². The summed E-state index contributed by atoms with van der Waals surface area (Å²) < 4.78 is 0.781. The van der Waals surface area contributed by atoms with Crippen LogP contribution >= 0.6 is 27.5 Å². The van der Waals surface area contributed by atoms with Gasteiger partial charge in [-0.05, 0) is 28.1 Å². The number of carbonyl (C=O) groups excluding carboxylic acids is 1. The van der Waals surface area contributed by atoms with E-state index in [0.29, 0.717) is 18.0 Å². The van der Waals surface area contributed by atoms with Gasteiger partial charge in [-0.2, -0.15) is 0 Å². The van der Waals surface area contributed by atoms with Gasteiger partial charge in [0.05, 0.1) is 10.7 Å². The van der Waals surface area contributed by atoms with E-state index in [1.54, 1.807) is 4.90 Å². The van der Waals surface area contributed by atoms with Crippen LogP contribution in [0.3, 0.4) is 0 Å². The molecule has 2 rings (SSSR count). The molecule has 0 aromatic heterocycles. The van der Waals surface area contributed by atoms with Gasteiger partial charge in [0.1, 0.15) is 0 Å². The minimum absolute atomic E-state index is 0.0115. The maximum Gasteiger partial charge on any atom is 0.228 e. The standard InChI is InChI=1S/C12H9BrClNO/c1-2-8-6-11(16)15(7-8)10-5-3-4-9(13)12(10)14/h1,3-5,8H,6-7H2. The molecule has 1 saturated heterocycles. The van der Waals surface area contributed by atoms with E-state index >= 15 is 0 Å². The third kappa shape index (κ3) is 1.95. The molecule has 82 valence electrons. The zero-order chi connectivity index (χ0) is 11.7. The van der Waals surface area contributed by atoms with E-state index in [1.807, 2.05) is 18.2 Å². The zero-order valence-electron chi connectivity index (χ0n) is 8.41. The maximum atomic E-state index is 11.8. The highest BCUT2D eigenvalue weighted by molar-refractivity contribution is 9.10. The molecule has 1 atom stereocenters. The average Bonchev–Trinajstić information content (AvgIpc) is 2.64. The minimum Gasteiger partial charge on any atom is -0.310 e. The fourth-order valence-corrected chi connectivity index (χ4v) is 2.34. The smallest absolute Gasteiger partial charge is 0.228 e. The molecule has 1 unspecified atom stereocenters. The number of anilines is 1. The lowest BCUT2D eigenvalue weighted by Crippen LogP contribution is -2.24. The Balaban J connectivity index is 2.36. The SMILES string of the molecule is C#CC1CC(=O)N(c2cccc(Br)c2Cl)C1. The van der Waals surface area contributed by atoms with Crippen molar-refractivity contribution in [3.05, 3.63) is 27.7 Å². The molecule has 0 spiro atoms. The minimum atomic E-state index is -0.0115. The van der Waals surface area contributed by atoms with Crippen LogP contribution in [-0.2, 0) is 4.79 Å². The lowest BCUT2D eigenvalue weighted by Gasteiger charge is -2.18. The Hall–Kier alpha value is -0.980. The number of hydrogen-bond donors (Lipinski definition) is 0. The maximum absolute atomic E-state index is 11.8. The van der Waals surface area contributed by atoms with Gasteiger partial charge in [-0.15, -0.1) is 12.3 Å². The van der Waals surface area contributed by atoms with Crippen molar-refractivity contribution in [2.75, 3.05) is 11.4 Å². The summed E-state index contributed by atoms with van der Waals surface area (Å²) in [4.78, 5) is 13.4. The lowest BCUT2D eigenvalue weighted by atomic mass is 10.1. The van der Waals surface area contributed by atoms with Crippen molar-refractivity contribution in [2.45, 2.75) is 6.42 Å². The van der Waals surface area contributed by atoms with Gasteiger partial charge in [0.2, 0.25) is 5.91 Å². The molecule has 1 aliphatic rings. The normalized spacial score (nSPS) is 19.9. The number of benzene rings is 1. The van der Waals surface area contributed by atoms with Gasteiger partial charge in [0.25, 0.3) is 0 Å². The first-order chi connectivity index (χ1) is 7.63. The van der Waals surface area contributed by atoms with Crippen molar-refractivity contribution in [1.82, 2.24) is 0 Å². The summed E-state index contributed by atoms with van der Waals surface area (Å²) in [5.74, 6) is 2.63. The van der Waals surface area contributed by atoms with E-state index in [1.165, 1.54) is 0 Å². The van der Waals surface area contributed by atoms with Crippen LogP contribution in [0.4, 0.5) is 5.69 Å². The van der Waals surface area contributed by atoms with Gasteiger partial charge in [0, 0.05) is 23.4 Å². The topological polar surface area (TPSA) is 20.3 Å². The number of nitrogens with zero attached hydrogens (tertiary/aromatic N) is 1. The molecule has 1 fully saturated rings. The van der Waals surface area contributed by atoms with Gasteiger partial charge < -0.3 is 4.90 Å². The zero-order valence-corrected chi connectivity index (χ0v) is 10.8. The Kier molecular flexibility index (Phi) is 3.22. The van der Waals surface area contributed by atoms with Crippen molar-refractivity contribution in [3.63, 3.8) is 0 Å². The first kappa shape index (κ1) is 11.5. The molecule has 16 heavy (non-hydrogen) atoms. The summed E-state index contributed by atoms with van der Waals surface area (Å²) in [6.07, 6.45) is 5.74. The molecule has 1 amide bonds. The van der Waals surface area contributed by atoms with Crippen LogP contribution in [0.25, 0.3) is 0 Å². The van der Waals surface area contributed by atoms with Gasteiger partial charge in [-0.3, -0.25) is 4.79 Å². The summed E-state index contributed by atoms with van der Waals surface area (Å²) in [5, 5.41) is 0.550. The molecule has 0 N–H and O–H groups in total. The summed E-state index contributed by atoms with van der Waals surface area (Å²) in [5.41, 5.74) is 0.721. The molecule has 4 heteroatoms. The first-order valence-corrected chi connectivity index (χ1v) is 6.01. The predicted molar refractivity (Wildman–Crippen MR) is 68.4 cm³/mol. The van der Waals surface area contributed by atoms with Crippen molar-refractivity contribution >= 4 is 39.1 Å². The van der Waals surface area contributed by atoms with Crippen molar-refractivity contribution in [1.29, 1.82) is 0 Å². The molecular formula is C12H9BrClNO. The quantitative estimate of drug-likeness (QED) is 0.730. The van der Waals surface area contributed by atoms with Gasteiger partial charge in [-0.1, -0.05) is 17.7 Å². The van der Waals surface area contributed by atoms with Gasteiger partial charge >= 0.3 is 0 Å². The van der Waals surface area contributed by atoms with Crippen LogP contribution in [0.2, 0.25) is 5.02 Å². The summed E-state index contributed by atoms with van der Waals surface area (Å²) >= 11 is 9.47. The lowest BCUT2D eigenvalue weighted by molar-refractivity contribution is -0.117. The molecule has 1 aliphatic heterocycles. The Morgan fingerprint density at radius 3 is 2.94 bits per heavy atom. The Morgan fingerprint density at radius 1 is 1.56 bits per heavy atom. The van der Waals surface area contributed by atoms with Gasteiger partial charge in [0.15, 0.2) is 0 Å². The van der Waals surface area contributed by atoms with Crippen molar-refractivity contribution < 1.29 is 4.79 Å². The Morgan fingerprint density at radius 2 is 2.31 bits per heavy atom. The summed E-state index contributed by atoms with van der Waals surface area (Å²) in [7, 11) is 0. The average molecular weight is 299 g/mol. The van der Waals surface area contributed by atoms with Crippen LogP contribution < -0.4 is 4.90 Å². The third-order valence-corrected chi connectivity index (χ3v) is 3.87. The highest BCUT2D eigenvalue weighted by Gasteiger charge is 2.30. The number of terminal acetylenes is 1. The molecule has 1 heterocycles. The van der Waals surface area contributed by atoms with E-state index in [9.17, 15) is 4.79 Å². The van der Waals surface area contributed by atoms with E-state index in [2.05, 4.69) is 21.9 Å². The molecular weight excluding hydrogens is 289 g/mol. The molecule has 0 saturated carbocycles. The number of carbonyl (C=O) groups is 1. The van der Waals surface area contributed by atoms with Crippen LogP contribution in [-0.4, -0.2) is 12.5 Å². The van der Waals surface area contributed by atoms with Crippen molar-refractivity contribution in [3.8, 4) is 12.3 Å². The fraction of sp³-hybridized carbons (Fsp3) is 0.250. The van der Waals surface area contributed by atoms with Crippen LogP contribution in [0.15, 0.2) is 22.7 Å². The highest BCUT2D eigenvalue weighted by atomic mass is 79.9. The largest absolute Gasteiger partial charge is 0.310 e. The van der Waals surface area contributed by atoms with Crippen LogP contribution in [0, 0.1) is 18.3 Å².